The fraction of sp³-hybridized carbons (Fsp3) is 0.0149. The zero-order valence-electron chi connectivity index (χ0n) is 40.8. The highest BCUT2D eigenvalue weighted by molar-refractivity contribution is 7.21. The van der Waals surface area contributed by atoms with Gasteiger partial charge >= 0.3 is 0 Å². The van der Waals surface area contributed by atoms with Crippen molar-refractivity contribution < 1.29 is 0 Å². The number of pyridine rings is 1. The molecule has 10 aromatic carbocycles. The van der Waals surface area contributed by atoms with Crippen molar-refractivity contribution in [3.05, 3.63) is 279 Å². The summed E-state index contributed by atoms with van der Waals surface area (Å²) in [6, 6.07) is 101. The third kappa shape index (κ3) is 6.53. The van der Waals surface area contributed by atoms with E-state index in [2.05, 4.69) is 294 Å². The molecule has 0 unspecified atom stereocenters. The molecule has 7 heteroatoms. The van der Waals surface area contributed by atoms with Crippen LogP contribution in [0, 0.1) is 0 Å². The highest BCUT2D eigenvalue weighted by Crippen LogP contribution is 2.42. The van der Waals surface area contributed by atoms with Crippen molar-refractivity contribution in [2.75, 3.05) is 4.90 Å². The van der Waals surface area contributed by atoms with Crippen LogP contribution in [0.2, 0.25) is 0 Å². The monoisotopic (exact) mass is 979 g/mol. The molecule has 0 atom stereocenters. The zero-order valence-corrected chi connectivity index (χ0v) is 42.8. The molecule has 0 N–H and O–H groups in total. The number of nitrogens with zero attached hydrogens (tertiary/aromatic N) is 5. The van der Waals surface area contributed by atoms with Crippen LogP contribution in [-0.4, -0.2) is 35.2 Å². The first kappa shape index (κ1) is 43.6. The van der Waals surface area contributed by atoms with Gasteiger partial charge in [-0.2, -0.15) is 0 Å². The number of para-hydroxylation sites is 4. The second-order valence-electron chi connectivity index (χ2n) is 19.4. The second-order valence-corrected chi connectivity index (χ2v) is 26.9. The number of hydrogen-bond donors (Lipinski definition) is 0. The van der Waals surface area contributed by atoms with Gasteiger partial charge in [0.15, 0.2) is 16.1 Å². The van der Waals surface area contributed by atoms with E-state index in [4.69, 9.17) is 9.97 Å². The van der Waals surface area contributed by atoms with Gasteiger partial charge in [-0.1, -0.05) is 212 Å². The maximum atomic E-state index is 5.52. The van der Waals surface area contributed by atoms with Crippen LogP contribution in [0.25, 0.3) is 49.9 Å². The minimum absolute atomic E-state index is 0.946. The van der Waals surface area contributed by atoms with Crippen molar-refractivity contribution in [1.29, 1.82) is 0 Å². The fourth-order valence-corrected chi connectivity index (χ4v) is 22.3. The summed E-state index contributed by atoms with van der Waals surface area (Å²) in [6.07, 6.45) is 1.98. The highest BCUT2D eigenvalue weighted by atomic mass is 28.3. The summed E-state index contributed by atoms with van der Waals surface area (Å²) < 4.78 is 4.67. The average Bonchev–Trinajstić information content (AvgIpc) is 4.09. The topological polar surface area (TPSA) is 38.9 Å². The molecule has 0 aliphatic carbocycles. The van der Waals surface area contributed by atoms with Gasteiger partial charge in [-0.3, -0.25) is 4.90 Å². The van der Waals surface area contributed by atoms with Crippen LogP contribution in [-0.2, 0) is 7.05 Å². The molecule has 5 nitrogen and oxygen atoms in total. The molecule has 0 saturated carbocycles. The van der Waals surface area contributed by atoms with Crippen molar-refractivity contribution in [2.24, 2.45) is 7.05 Å². The molecule has 13 aromatic rings. The SMILES string of the molecule is Cn1c(-c2cccc([Si](c3ccccc3)(c3ccccc3)c3cccc(N4c5cc6c(cc5[Si](c5ccccc5)(c5ccccc5)c5cccnc54)c4ccccc4n6-c4ccccc4)c3)c2)nc2ccccc21. The van der Waals surface area contributed by atoms with Crippen LogP contribution < -0.4 is 46.4 Å². The van der Waals surface area contributed by atoms with Crippen LogP contribution >= 0.6 is 0 Å². The van der Waals surface area contributed by atoms with E-state index >= 15 is 0 Å². The minimum atomic E-state index is -3.13. The van der Waals surface area contributed by atoms with Gasteiger partial charge in [0.2, 0.25) is 0 Å². The second kappa shape index (κ2) is 17.6. The number of benzene rings is 10. The summed E-state index contributed by atoms with van der Waals surface area (Å²) in [4.78, 5) is 13.2. The lowest BCUT2D eigenvalue weighted by molar-refractivity contribution is 0.959. The van der Waals surface area contributed by atoms with Crippen molar-refractivity contribution in [1.82, 2.24) is 19.1 Å². The molecule has 0 spiro atoms. The summed E-state index contributed by atoms with van der Waals surface area (Å²) in [5.74, 6) is 1.90. The van der Waals surface area contributed by atoms with Gasteiger partial charge in [-0.15, -0.1) is 0 Å². The molecule has 14 rings (SSSR count). The predicted molar refractivity (Wildman–Crippen MR) is 314 cm³/mol. The van der Waals surface area contributed by atoms with Gasteiger partial charge in [-0.05, 0) is 102 Å². The van der Waals surface area contributed by atoms with Gasteiger partial charge in [0, 0.05) is 41.0 Å². The number of aryl methyl sites for hydroxylation is 1. The Morgan fingerprint density at radius 2 is 0.959 bits per heavy atom. The Morgan fingerprint density at radius 1 is 0.405 bits per heavy atom. The van der Waals surface area contributed by atoms with Gasteiger partial charge < -0.3 is 9.13 Å². The fourth-order valence-electron chi connectivity index (χ4n) is 12.4. The lowest BCUT2D eigenvalue weighted by atomic mass is 10.1. The molecule has 0 amide bonds. The first-order valence-electron chi connectivity index (χ1n) is 25.4. The summed E-state index contributed by atoms with van der Waals surface area (Å²) >= 11 is 0. The molecule has 3 aromatic heterocycles. The number of aromatic nitrogens is 4. The van der Waals surface area contributed by atoms with E-state index in [0.717, 1.165) is 50.8 Å². The Labute approximate surface area is 432 Å². The summed E-state index contributed by atoms with van der Waals surface area (Å²) in [5.41, 5.74) is 8.83. The molecule has 1 aliphatic heterocycles. The summed E-state index contributed by atoms with van der Waals surface area (Å²) in [7, 11) is -4.11. The summed E-state index contributed by atoms with van der Waals surface area (Å²) in [6.45, 7) is 0. The van der Waals surface area contributed by atoms with Crippen LogP contribution in [0.3, 0.4) is 0 Å². The maximum absolute atomic E-state index is 5.52. The van der Waals surface area contributed by atoms with Gasteiger partial charge in [0.1, 0.15) is 11.6 Å². The molecule has 4 heterocycles. The lowest BCUT2D eigenvalue weighted by Crippen LogP contribution is -2.77. The highest BCUT2D eigenvalue weighted by Gasteiger charge is 2.50. The Bertz CT molecular complexity index is 4130. The number of imidazole rings is 1. The van der Waals surface area contributed by atoms with Crippen LogP contribution in [0.1, 0.15) is 0 Å². The van der Waals surface area contributed by atoms with Crippen LogP contribution in [0.4, 0.5) is 17.2 Å². The average molecular weight is 980 g/mol. The molecule has 0 fully saturated rings. The zero-order chi connectivity index (χ0) is 49.2. The van der Waals surface area contributed by atoms with Crippen molar-refractivity contribution in [3.8, 4) is 17.1 Å². The standard InChI is InChI=1S/C67H49N5Si2/c1-70-61-41-20-18-39-59(61)69-66(70)48-24-21-36-55(44-48)73(51-28-9-3-10-29-51,52-30-11-4-12-31-52)56-37-22-27-50(45-56)72-63-47-62-58(57-38-17-19-40-60(57)71(62)49-25-7-2-8-26-49)46-65(63)74(53-32-13-5-14-33-53,54-34-15-6-16-35-54)64-42-23-43-68-67(64)72/h2-47H,1H3. The van der Waals surface area contributed by atoms with E-state index in [-0.39, 0.29) is 0 Å². The number of rotatable bonds is 9. The molecular weight excluding hydrogens is 931 g/mol. The van der Waals surface area contributed by atoms with Crippen LogP contribution in [0.15, 0.2) is 279 Å². The largest absolute Gasteiger partial charge is 0.327 e. The predicted octanol–water partition coefficient (Wildman–Crippen LogP) is 10.3. The van der Waals surface area contributed by atoms with Crippen molar-refractivity contribution in [3.63, 3.8) is 0 Å². The van der Waals surface area contributed by atoms with Gasteiger partial charge in [-0.25, -0.2) is 9.97 Å². The molecule has 0 saturated heterocycles. The van der Waals surface area contributed by atoms with E-state index in [0.29, 0.717) is 0 Å². The Hall–Kier alpha value is -9.15. The molecule has 74 heavy (non-hydrogen) atoms. The Balaban J connectivity index is 1.08. The Kier molecular flexibility index (Phi) is 10.4. The van der Waals surface area contributed by atoms with Crippen molar-refractivity contribution >= 4 is 108 Å². The van der Waals surface area contributed by atoms with E-state index in [1.165, 1.54) is 57.8 Å². The number of anilines is 3. The minimum Gasteiger partial charge on any atom is -0.327 e. The quantitative estimate of drug-likeness (QED) is 0.107. The third-order valence-corrected chi connectivity index (χ3v) is 25.1. The smallest absolute Gasteiger partial charge is 0.186 e. The third-order valence-electron chi connectivity index (χ3n) is 15.6. The van der Waals surface area contributed by atoms with Crippen molar-refractivity contribution in [2.45, 2.75) is 0 Å². The van der Waals surface area contributed by atoms with E-state index < -0.39 is 16.1 Å². The number of fused-ring (bicyclic) bond motifs is 6. The van der Waals surface area contributed by atoms with E-state index in [1.807, 2.05) is 6.20 Å². The lowest BCUT2D eigenvalue weighted by Gasteiger charge is -2.44. The Morgan fingerprint density at radius 3 is 1.64 bits per heavy atom. The molecule has 0 bridgehead atoms. The van der Waals surface area contributed by atoms with Crippen LogP contribution in [0.5, 0.6) is 0 Å². The normalized spacial score (nSPS) is 13.0. The maximum Gasteiger partial charge on any atom is 0.186 e. The van der Waals surface area contributed by atoms with Gasteiger partial charge in [0.25, 0.3) is 0 Å². The summed E-state index contributed by atoms with van der Waals surface area (Å²) in [5, 5.41) is 12.8. The molecule has 1 aliphatic rings. The van der Waals surface area contributed by atoms with E-state index in [9.17, 15) is 0 Å². The molecule has 350 valence electrons. The van der Waals surface area contributed by atoms with E-state index in [1.54, 1.807) is 0 Å². The molecule has 0 radical (unpaired) electrons. The van der Waals surface area contributed by atoms with Gasteiger partial charge in [0.05, 0.1) is 27.8 Å². The first-order valence-corrected chi connectivity index (χ1v) is 29.4. The first-order chi connectivity index (χ1) is 36.6. The number of hydrogen-bond acceptors (Lipinski definition) is 3. The molecular formula is C67H49N5Si2.